The molecule has 1 N–H and O–H groups in total. The highest BCUT2D eigenvalue weighted by atomic mass is 35.5. The van der Waals surface area contributed by atoms with Crippen LogP contribution in [-0.2, 0) is 6.18 Å². The number of thiazole rings is 1. The van der Waals surface area contributed by atoms with Crippen LogP contribution in [0.4, 0.5) is 29.7 Å². The summed E-state index contributed by atoms with van der Waals surface area (Å²) in [6.07, 6.45) is -4.58. The van der Waals surface area contributed by atoms with Crippen LogP contribution in [0.15, 0.2) is 47.5 Å². The zero-order valence-corrected chi connectivity index (χ0v) is 19.5. The normalized spacial score (nSPS) is 15.9. The molecular weight excluding hydrogens is 482 g/mol. The average molecular weight is 500 g/mol. The Balaban J connectivity index is 1.78. The van der Waals surface area contributed by atoms with Crippen molar-refractivity contribution < 1.29 is 13.2 Å². The van der Waals surface area contributed by atoms with Crippen molar-refractivity contribution >= 4 is 56.9 Å². The maximum absolute atomic E-state index is 13.0. The van der Waals surface area contributed by atoms with Crippen LogP contribution >= 0.6 is 34.5 Å². The number of alkyl halides is 3. The molecule has 2 heterocycles. The smallest absolute Gasteiger partial charge is 0.337 e. The fourth-order valence-corrected chi connectivity index (χ4v) is 4.72. The van der Waals surface area contributed by atoms with Gasteiger partial charge in [0.1, 0.15) is 22.0 Å². The summed E-state index contributed by atoms with van der Waals surface area (Å²) in [6.45, 7) is 1.93. The fraction of sp³-hybridized carbons (Fsp3) is 0.238. The van der Waals surface area contributed by atoms with Gasteiger partial charge >= 0.3 is 6.18 Å². The number of halogens is 5. The van der Waals surface area contributed by atoms with Crippen LogP contribution in [0.5, 0.6) is 0 Å². The summed E-state index contributed by atoms with van der Waals surface area (Å²) in [5.41, 5.74) is 0.440. The minimum atomic E-state index is -4.39. The van der Waals surface area contributed by atoms with Crippen molar-refractivity contribution in [2.45, 2.75) is 19.3 Å². The molecule has 0 bridgehead atoms. The number of fused-ring (bicyclic) bond motifs is 1. The quantitative estimate of drug-likeness (QED) is 0.527. The molecule has 1 atom stereocenters. The van der Waals surface area contributed by atoms with E-state index in [1.807, 2.05) is 18.9 Å². The van der Waals surface area contributed by atoms with Crippen molar-refractivity contribution in [3.8, 4) is 0 Å². The van der Waals surface area contributed by atoms with Crippen molar-refractivity contribution in [3.05, 3.63) is 68.1 Å². The van der Waals surface area contributed by atoms with E-state index in [1.54, 1.807) is 30.1 Å². The second-order valence-electron chi connectivity index (χ2n) is 7.19. The first kappa shape index (κ1) is 22.7. The summed E-state index contributed by atoms with van der Waals surface area (Å²) < 4.78 is 39.6. The number of nitrogens with one attached hydrogen (secondary N) is 1. The Kier molecular flexibility index (Phi) is 6.00. The van der Waals surface area contributed by atoms with E-state index < -0.39 is 11.7 Å². The third-order valence-corrected chi connectivity index (χ3v) is 6.62. The molecule has 3 aromatic rings. The molecular formula is C21H18Cl2F3N5S. The Morgan fingerprint density at radius 2 is 1.72 bits per heavy atom. The van der Waals surface area contributed by atoms with Crippen LogP contribution in [-0.4, -0.2) is 30.1 Å². The highest BCUT2D eigenvalue weighted by molar-refractivity contribution is 7.13. The number of hydrogen-bond donors (Lipinski definition) is 1. The number of para-hydroxylation sites is 1. The van der Waals surface area contributed by atoms with Gasteiger partial charge in [0.2, 0.25) is 0 Å². The van der Waals surface area contributed by atoms with Gasteiger partial charge in [-0.3, -0.25) is 0 Å². The first-order valence-electron chi connectivity index (χ1n) is 9.50. The minimum Gasteiger partial charge on any atom is -0.337 e. The third-order valence-electron chi connectivity index (χ3n) is 5.11. The summed E-state index contributed by atoms with van der Waals surface area (Å²) >= 11 is 13.9. The van der Waals surface area contributed by atoms with Gasteiger partial charge in [-0.2, -0.15) is 13.2 Å². The first-order valence-corrected chi connectivity index (χ1v) is 11.1. The van der Waals surface area contributed by atoms with Gasteiger partial charge < -0.3 is 15.1 Å². The predicted octanol–water partition coefficient (Wildman–Crippen LogP) is 5.33. The molecule has 11 heteroatoms. The lowest BCUT2D eigenvalue weighted by molar-refractivity contribution is -0.137. The van der Waals surface area contributed by atoms with Crippen molar-refractivity contribution in [3.63, 3.8) is 0 Å². The van der Waals surface area contributed by atoms with Crippen LogP contribution < -0.4 is 20.2 Å². The SMILES string of the molecule is CC1N=c2sc(Nc3c(Cl)cccc3Cl)nc2=C(N(C)c2ccc(C(F)(F)F)cc2)N1C. The fourth-order valence-electron chi connectivity index (χ4n) is 3.31. The number of rotatable bonds is 4. The molecule has 0 aliphatic carbocycles. The monoisotopic (exact) mass is 499 g/mol. The van der Waals surface area contributed by atoms with Gasteiger partial charge in [-0.25, -0.2) is 9.98 Å². The van der Waals surface area contributed by atoms with Gasteiger partial charge in [0.25, 0.3) is 0 Å². The van der Waals surface area contributed by atoms with Crippen molar-refractivity contribution in [1.82, 2.24) is 9.88 Å². The summed E-state index contributed by atoms with van der Waals surface area (Å²) in [7, 11) is 3.65. The first-order chi connectivity index (χ1) is 15.1. The number of benzene rings is 2. The van der Waals surface area contributed by atoms with E-state index in [4.69, 9.17) is 28.2 Å². The van der Waals surface area contributed by atoms with Crippen LogP contribution in [0.2, 0.25) is 10.0 Å². The molecule has 168 valence electrons. The number of nitrogens with zero attached hydrogens (tertiary/aromatic N) is 4. The molecule has 0 spiro atoms. The van der Waals surface area contributed by atoms with Gasteiger partial charge in [-0.1, -0.05) is 40.6 Å². The second-order valence-corrected chi connectivity index (χ2v) is 8.99. The van der Waals surface area contributed by atoms with Gasteiger partial charge in [0, 0.05) is 19.8 Å². The molecule has 1 aromatic heterocycles. The molecule has 5 nitrogen and oxygen atoms in total. The second kappa shape index (κ2) is 8.46. The number of hydrogen-bond acceptors (Lipinski definition) is 6. The Morgan fingerprint density at radius 3 is 2.31 bits per heavy atom. The third kappa shape index (κ3) is 4.24. The maximum Gasteiger partial charge on any atom is 0.416 e. The van der Waals surface area contributed by atoms with Gasteiger partial charge in [0.05, 0.1) is 21.3 Å². The summed E-state index contributed by atoms with van der Waals surface area (Å²) in [5.74, 6) is 0.719. The predicted molar refractivity (Wildman–Crippen MR) is 123 cm³/mol. The van der Waals surface area contributed by atoms with Crippen LogP contribution in [0.1, 0.15) is 12.5 Å². The van der Waals surface area contributed by atoms with Crippen LogP contribution in [0.25, 0.3) is 5.82 Å². The minimum absolute atomic E-state index is 0.188. The largest absolute Gasteiger partial charge is 0.416 e. The standard InChI is InChI=1S/C21H18Cl2F3N5S/c1-11-27-18-17(29-20(32-18)28-16-14(22)5-4-6-15(16)23)19(30(11)2)31(3)13-9-7-12(8-10-13)21(24,25)26/h4-11H,1-3H3,(H,28,29). The van der Waals surface area contributed by atoms with Gasteiger partial charge in [-0.15, -0.1) is 0 Å². The molecule has 2 aromatic carbocycles. The Labute approximate surface area is 196 Å². The summed E-state index contributed by atoms with van der Waals surface area (Å²) in [6, 6.07) is 10.2. The van der Waals surface area contributed by atoms with E-state index in [0.29, 0.717) is 36.6 Å². The Morgan fingerprint density at radius 1 is 1.09 bits per heavy atom. The van der Waals surface area contributed by atoms with Crippen molar-refractivity contribution in [2.75, 3.05) is 24.3 Å². The van der Waals surface area contributed by atoms with Crippen LogP contribution in [0.3, 0.4) is 0 Å². The molecule has 1 aliphatic rings. The zero-order chi connectivity index (χ0) is 23.2. The molecule has 0 amide bonds. The Hall–Kier alpha value is -2.49. The molecule has 0 saturated carbocycles. The van der Waals surface area contributed by atoms with Crippen LogP contribution in [0, 0.1) is 0 Å². The lowest BCUT2D eigenvalue weighted by Crippen LogP contribution is -2.47. The number of aromatic nitrogens is 1. The van der Waals surface area contributed by atoms with Gasteiger partial charge in [0.15, 0.2) is 5.13 Å². The maximum atomic E-state index is 13.0. The molecule has 1 aliphatic heterocycles. The molecule has 1 unspecified atom stereocenters. The van der Waals surface area contributed by atoms with E-state index in [0.717, 1.165) is 18.0 Å². The lowest BCUT2D eigenvalue weighted by atomic mass is 10.2. The summed E-state index contributed by atoms with van der Waals surface area (Å²) in [4.78, 5) is 13.1. The topological polar surface area (TPSA) is 43.8 Å². The van der Waals surface area contributed by atoms with E-state index in [9.17, 15) is 13.2 Å². The molecule has 0 saturated heterocycles. The van der Waals surface area contributed by atoms with Gasteiger partial charge in [-0.05, 0) is 43.3 Å². The molecule has 32 heavy (non-hydrogen) atoms. The molecule has 0 radical (unpaired) electrons. The average Bonchev–Trinajstić information content (AvgIpc) is 3.12. The van der Waals surface area contributed by atoms with E-state index in [2.05, 4.69) is 10.3 Å². The van der Waals surface area contributed by atoms with E-state index >= 15 is 0 Å². The van der Waals surface area contributed by atoms with Crippen molar-refractivity contribution in [2.24, 2.45) is 4.99 Å². The van der Waals surface area contributed by atoms with E-state index in [1.165, 1.54) is 23.5 Å². The zero-order valence-electron chi connectivity index (χ0n) is 17.2. The lowest BCUT2D eigenvalue weighted by Gasteiger charge is -2.34. The number of anilines is 3. The highest BCUT2D eigenvalue weighted by Crippen LogP contribution is 2.33. The Bertz CT molecular complexity index is 1250. The van der Waals surface area contributed by atoms with Crippen molar-refractivity contribution in [1.29, 1.82) is 0 Å². The molecule has 0 fully saturated rings. The highest BCUT2D eigenvalue weighted by Gasteiger charge is 2.30. The molecule has 4 rings (SSSR count). The van der Waals surface area contributed by atoms with E-state index in [-0.39, 0.29) is 6.17 Å². The summed E-state index contributed by atoms with van der Waals surface area (Å²) in [5, 5.41) is 5.24.